The third kappa shape index (κ3) is 2.91. The molecule has 1 amide bonds. The lowest BCUT2D eigenvalue weighted by Gasteiger charge is -2.05. The molecular weight excluding hydrogens is 208 g/mol. The molecule has 0 fully saturated rings. The molecule has 0 radical (unpaired) electrons. The Morgan fingerprint density at radius 3 is 2.56 bits per heavy atom. The molecule has 5 heteroatoms. The highest BCUT2D eigenvalue weighted by Gasteiger charge is 2.09. The Kier molecular flexibility index (Phi) is 3.77. The van der Waals surface area contributed by atoms with Crippen LogP contribution >= 0.6 is 0 Å². The van der Waals surface area contributed by atoms with Crippen molar-refractivity contribution < 1.29 is 9.72 Å². The zero-order chi connectivity index (χ0) is 12.1. The molecule has 0 bridgehead atoms. The van der Waals surface area contributed by atoms with E-state index in [-0.39, 0.29) is 11.6 Å². The standard InChI is InChI=1S/C11H12N2O3/c1-12(2)11(14)8-7-9-5-3-4-6-10(9)13(15)16/h3-8H,1-2H3. The first kappa shape index (κ1) is 11.9. The van der Waals surface area contributed by atoms with Crippen molar-refractivity contribution in [2.75, 3.05) is 14.1 Å². The molecule has 0 atom stereocenters. The van der Waals surface area contributed by atoms with Crippen LogP contribution in [0.15, 0.2) is 30.3 Å². The van der Waals surface area contributed by atoms with Gasteiger partial charge in [0.25, 0.3) is 5.69 Å². The third-order valence-electron chi connectivity index (χ3n) is 1.98. The highest BCUT2D eigenvalue weighted by molar-refractivity contribution is 5.92. The van der Waals surface area contributed by atoms with E-state index in [0.29, 0.717) is 5.56 Å². The molecule has 1 rings (SSSR count). The average Bonchev–Trinajstić information content (AvgIpc) is 2.25. The molecule has 1 aromatic carbocycles. The predicted octanol–water partition coefficient (Wildman–Crippen LogP) is 1.70. The van der Waals surface area contributed by atoms with Crippen LogP contribution < -0.4 is 0 Å². The van der Waals surface area contributed by atoms with Gasteiger partial charge in [0.05, 0.1) is 10.5 Å². The van der Waals surface area contributed by atoms with E-state index in [1.54, 1.807) is 32.3 Å². The van der Waals surface area contributed by atoms with E-state index in [1.807, 2.05) is 0 Å². The highest BCUT2D eigenvalue weighted by atomic mass is 16.6. The van der Waals surface area contributed by atoms with Crippen LogP contribution in [-0.4, -0.2) is 29.8 Å². The Labute approximate surface area is 93.1 Å². The first-order valence-corrected chi connectivity index (χ1v) is 4.65. The summed E-state index contributed by atoms with van der Waals surface area (Å²) in [5.74, 6) is -0.210. The van der Waals surface area contributed by atoms with Crippen LogP contribution in [0.1, 0.15) is 5.56 Å². The van der Waals surface area contributed by atoms with E-state index in [1.165, 1.54) is 23.1 Å². The monoisotopic (exact) mass is 220 g/mol. The van der Waals surface area contributed by atoms with Gasteiger partial charge in [-0.2, -0.15) is 0 Å². The van der Waals surface area contributed by atoms with E-state index in [2.05, 4.69) is 0 Å². The average molecular weight is 220 g/mol. The van der Waals surface area contributed by atoms with Crippen molar-refractivity contribution in [2.24, 2.45) is 0 Å². The summed E-state index contributed by atoms with van der Waals surface area (Å²) in [5.41, 5.74) is 0.410. The predicted molar refractivity (Wildman–Crippen MR) is 60.8 cm³/mol. The van der Waals surface area contributed by atoms with Crippen LogP contribution in [0.5, 0.6) is 0 Å². The molecule has 5 nitrogen and oxygen atoms in total. The van der Waals surface area contributed by atoms with E-state index in [9.17, 15) is 14.9 Å². The van der Waals surface area contributed by atoms with Crippen molar-refractivity contribution in [3.8, 4) is 0 Å². The van der Waals surface area contributed by atoms with Crippen molar-refractivity contribution in [1.29, 1.82) is 0 Å². The normalized spacial score (nSPS) is 10.4. The first-order valence-electron chi connectivity index (χ1n) is 4.65. The quantitative estimate of drug-likeness (QED) is 0.442. The number of para-hydroxylation sites is 1. The van der Waals surface area contributed by atoms with E-state index < -0.39 is 4.92 Å². The maximum atomic E-state index is 11.3. The van der Waals surface area contributed by atoms with E-state index >= 15 is 0 Å². The summed E-state index contributed by atoms with van der Waals surface area (Å²) in [7, 11) is 3.23. The van der Waals surface area contributed by atoms with Gasteiger partial charge in [-0.3, -0.25) is 14.9 Å². The maximum absolute atomic E-state index is 11.3. The fraction of sp³-hybridized carbons (Fsp3) is 0.182. The first-order chi connectivity index (χ1) is 7.52. The third-order valence-corrected chi connectivity index (χ3v) is 1.98. The lowest BCUT2D eigenvalue weighted by molar-refractivity contribution is -0.385. The molecular formula is C11H12N2O3. The zero-order valence-electron chi connectivity index (χ0n) is 9.08. The Bertz CT molecular complexity index is 439. The van der Waals surface area contributed by atoms with Gasteiger partial charge in [0, 0.05) is 26.2 Å². The molecule has 0 aliphatic heterocycles. The minimum absolute atomic E-state index is 0.00898. The Morgan fingerprint density at radius 1 is 1.38 bits per heavy atom. The molecule has 16 heavy (non-hydrogen) atoms. The summed E-state index contributed by atoms with van der Waals surface area (Å²) in [4.78, 5) is 22.9. The number of nitro groups is 1. The second kappa shape index (κ2) is 5.06. The van der Waals surface area contributed by atoms with Gasteiger partial charge in [0.1, 0.15) is 0 Å². The molecule has 0 spiro atoms. The van der Waals surface area contributed by atoms with Gasteiger partial charge >= 0.3 is 0 Å². The summed E-state index contributed by atoms with van der Waals surface area (Å²) in [5, 5.41) is 10.7. The lowest BCUT2D eigenvalue weighted by atomic mass is 10.1. The SMILES string of the molecule is CN(C)C(=O)C=Cc1ccccc1[N+](=O)[O-]. The molecule has 0 aromatic heterocycles. The molecule has 0 aliphatic carbocycles. The Morgan fingerprint density at radius 2 is 2.00 bits per heavy atom. The van der Waals surface area contributed by atoms with Crippen LogP contribution in [-0.2, 0) is 4.79 Å². The van der Waals surface area contributed by atoms with Gasteiger partial charge in [0.2, 0.25) is 5.91 Å². The number of benzene rings is 1. The molecule has 0 aliphatic rings. The number of likely N-dealkylation sites (N-methyl/N-ethyl adjacent to an activating group) is 1. The number of hydrogen-bond donors (Lipinski definition) is 0. The molecule has 0 saturated carbocycles. The molecule has 0 unspecified atom stereocenters. The number of nitro benzene ring substituents is 1. The van der Waals surface area contributed by atoms with Crippen molar-refractivity contribution in [3.63, 3.8) is 0 Å². The Balaban J connectivity index is 2.97. The second-order valence-corrected chi connectivity index (χ2v) is 3.38. The van der Waals surface area contributed by atoms with Crippen LogP contribution in [0.4, 0.5) is 5.69 Å². The van der Waals surface area contributed by atoms with Gasteiger partial charge in [-0.05, 0) is 12.1 Å². The van der Waals surface area contributed by atoms with Crippen molar-refractivity contribution >= 4 is 17.7 Å². The van der Waals surface area contributed by atoms with Gasteiger partial charge in [-0.15, -0.1) is 0 Å². The summed E-state index contributed by atoms with van der Waals surface area (Å²) < 4.78 is 0. The lowest BCUT2D eigenvalue weighted by Crippen LogP contribution is -2.18. The summed E-state index contributed by atoms with van der Waals surface area (Å²) >= 11 is 0. The fourth-order valence-corrected chi connectivity index (χ4v) is 1.10. The molecule has 0 heterocycles. The van der Waals surface area contributed by atoms with Crippen LogP contribution in [0.3, 0.4) is 0 Å². The highest BCUT2D eigenvalue weighted by Crippen LogP contribution is 2.18. The van der Waals surface area contributed by atoms with E-state index in [4.69, 9.17) is 0 Å². The molecule has 84 valence electrons. The van der Waals surface area contributed by atoms with Crippen LogP contribution in [0, 0.1) is 10.1 Å². The number of carbonyl (C=O) groups is 1. The van der Waals surface area contributed by atoms with Crippen molar-refractivity contribution in [3.05, 3.63) is 46.0 Å². The minimum Gasteiger partial charge on any atom is -0.345 e. The van der Waals surface area contributed by atoms with Gasteiger partial charge in [0.15, 0.2) is 0 Å². The zero-order valence-corrected chi connectivity index (χ0v) is 9.08. The largest absolute Gasteiger partial charge is 0.345 e. The topological polar surface area (TPSA) is 63.5 Å². The number of amides is 1. The van der Waals surface area contributed by atoms with E-state index in [0.717, 1.165) is 0 Å². The molecule has 1 aromatic rings. The second-order valence-electron chi connectivity index (χ2n) is 3.38. The van der Waals surface area contributed by atoms with Gasteiger partial charge in [-0.1, -0.05) is 12.1 Å². The number of rotatable bonds is 3. The van der Waals surface area contributed by atoms with Crippen molar-refractivity contribution in [2.45, 2.75) is 0 Å². The van der Waals surface area contributed by atoms with Gasteiger partial charge in [-0.25, -0.2) is 0 Å². The summed E-state index contributed by atoms with van der Waals surface area (Å²) in [6, 6.07) is 6.27. The fourth-order valence-electron chi connectivity index (χ4n) is 1.10. The smallest absolute Gasteiger partial charge is 0.276 e. The maximum Gasteiger partial charge on any atom is 0.276 e. The number of nitrogens with zero attached hydrogens (tertiary/aromatic N) is 2. The van der Waals surface area contributed by atoms with Gasteiger partial charge < -0.3 is 4.90 Å². The minimum atomic E-state index is -0.472. The van der Waals surface area contributed by atoms with Crippen LogP contribution in [0.25, 0.3) is 6.08 Å². The Hall–Kier alpha value is -2.17. The van der Waals surface area contributed by atoms with Crippen LogP contribution in [0.2, 0.25) is 0 Å². The molecule has 0 N–H and O–H groups in total. The molecule has 0 saturated heterocycles. The summed E-state index contributed by atoms with van der Waals surface area (Å²) in [6.45, 7) is 0. The van der Waals surface area contributed by atoms with Crippen molar-refractivity contribution in [1.82, 2.24) is 4.90 Å². The summed E-state index contributed by atoms with van der Waals surface area (Å²) in [6.07, 6.45) is 2.75. The number of carbonyl (C=O) groups excluding carboxylic acids is 1. The number of hydrogen-bond acceptors (Lipinski definition) is 3.